The van der Waals surface area contributed by atoms with Crippen molar-refractivity contribution in [1.82, 2.24) is 14.7 Å². The van der Waals surface area contributed by atoms with Gasteiger partial charge in [-0.25, -0.2) is 4.68 Å². The predicted octanol–water partition coefficient (Wildman–Crippen LogP) is 2.76. The Morgan fingerprint density at radius 2 is 2.00 bits per heavy atom. The summed E-state index contributed by atoms with van der Waals surface area (Å²) in [4.78, 5) is 13.9. The van der Waals surface area contributed by atoms with Crippen LogP contribution in [-0.4, -0.2) is 34.7 Å². The lowest BCUT2D eigenvalue weighted by Gasteiger charge is -2.13. The van der Waals surface area contributed by atoms with E-state index in [1.54, 1.807) is 25.2 Å². The van der Waals surface area contributed by atoms with E-state index in [9.17, 15) is 4.79 Å². The first-order chi connectivity index (χ1) is 9.59. The molecule has 1 aromatic carbocycles. The summed E-state index contributed by atoms with van der Waals surface area (Å²) in [6.45, 7) is 2.07. The highest BCUT2D eigenvalue weighted by Gasteiger charge is 2.33. The van der Waals surface area contributed by atoms with Gasteiger partial charge in [-0.05, 0) is 31.4 Å². The Hall–Kier alpha value is -2.10. The van der Waals surface area contributed by atoms with Crippen molar-refractivity contribution in [2.24, 2.45) is 0 Å². The molecule has 1 saturated carbocycles. The molecule has 0 aliphatic heterocycles. The molecule has 1 aromatic heterocycles. The van der Waals surface area contributed by atoms with Gasteiger partial charge in [0.15, 0.2) is 0 Å². The van der Waals surface area contributed by atoms with Crippen LogP contribution in [0.25, 0.3) is 5.69 Å². The number of amides is 1. The number of aromatic nitrogens is 2. The number of carbonyl (C=O) groups is 1. The van der Waals surface area contributed by atoms with E-state index >= 15 is 0 Å². The maximum Gasteiger partial charge on any atom is 0.256 e. The highest BCUT2D eigenvalue weighted by Crippen LogP contribution is 2.42. The normalized spacial score (nSPS) is 14.3. The first kappa shape index (κ1) is 12.9. The molecule has 20 heavy (non-hydrogen) atoms. The van der Waals surface area contributed by atoms with E-state index in [2.05, 4.69) is 24.2 Å². The third kappa shape index (κ3) is 2.11. The van der Waals surface area contributed by atoms with E-state index in [0.717, 1.165) is 29.8 Å². The van der Waals surface area contributed by atoms with Crippen molar-refractivity contribution >= 4 is 5.91 Å². The Kier molecular flexibility index (Phi) is 3.08. The molecule has 0 atom stereocenters. The monoisotopic (exact) mass is 269 g/mol. The third-order valence-corrected chi connectivity index (χ3v) is 3.75. The van der Waals surface area contributed by atoms with Crippen LogP contribution in [0.2, 0.25) is 0 Å². The molecule has 0 saturated heterocycles. The van der Waals surface area contributed by atoms with Crippen LogP contribution >= 0.6 is 0 Å². The Bertz CT molecular complexity index is 653. The SMILES string of the molecule is Cc1ccccc1-n1ncc(C(=O)N(C)C)c1C1CC1. The topological polar surface area (TPSA) is 38.1 Å². The lowest BCUT2D eigenvalue weighted by molar-refractivity contribution is 0.0826. The lowest BCUT2D eigenvalue weighted by atomic mass is 10.1. The van der Waals surface area contributed by atoms with Gasteiger partial charge in [0.25, 0.3) is 5.91 Å². The van der Waals surface area contributed by atoms with Gasteiger partial charge in [-0.1, -0.05) is 18.2 Å². The lowest BCUT2D eigenvalue weighted by Crippen LogP contribution is -2.22. The molecule has 1 aliphatic rings. The number of hydrogen-bond donors (Lipinski definition) is 0. The highest BCUT2D eigenvalue weighted by molar-refractivity contribution is 5.95. The van der Waals surface area contributed by atoms with Gasteiger partial charge in [-0.15, -0.1) is 0 Å². The van der Waals surface area contributed by atoms with Crippen molar-refractivity contribution in [1.29, 1.82) is 0 Å². The Morgan fingerprint density at radius 1 is 1.30 bits per heavy atom. The average Bonchev–Trinajstić information content (AvgIpc) is 3.18. The van der Waals surface area contributed by atoms with Crippen LogP contribution in [0.15, 0.2) is 30.5 Å². The number of aryl methyl sites for hydroxylation is 1. The molecular formula is C16H19N3O. The summed E-state index contributed by atoms with van der Waals surface area (Å²) in [6, 6.07) is 8.15. The van der Waals surface area contributed by atoms with E-state index in [0.29, 0.717) is 5.92 Å². The van der Waals surface area contributed by atoms with Crippen molar-refractivity contribution in [3.05, 3.63) is 47.3 Å². The minimum absolute atomic E-state index is 0.0340. The predicted molar refractivity (Wildman–Crippen MR) is 78.3 cm³/mol. The first-order valence-electron chi connectivity index (χ1n) is 6.95. The summed E-state index contributed by atoms with van der Waals surface area (Å²) < 4.78 is 1.95. The maximum absolute atomic E-state index is 12.3. The number of hydrogen-bond acceptors (Lipinski definition) is 2. The van der Waals surface area contributed by atoms with Gasteiger partial charge in [0, 0.05) is 20.0 Å². The minimum Gasteiger partial charge on any atom is -0.345 e. The second-order valence-corrected chi connectivity index (χ2v) is 5.62. The maximum atomic E-state index is 12.3. The van der Waals surface area contributed by atoms with Gasteiger partial charge in [0.05, 0.1) is 23.1 Å². The van der Waals surface area contributed by atoms with Crippen molar-refractivity contribution in [3.63, 3.8) is 0 Å². The molecular weight excluding hydrogens is 250 g/mol. The fraction of sp³-hybridized carbons (Fsp3) is 0.375. The number of rotatable bonds is 3. The van der Waals surface area contributed by atoms with Gasteiger partial charge in [-0.2, -0.15) is 5.10 Å². The molecule has 1 aliphatic carbocycles. The zero-order valence-electron chi connectivity index (χ0n) is 12.1. The molecule has 1 heterocycles. The molecule has 4 nitrogen and oxygen atoms in total. The number of carbonyl (C=O) groups excluding carboxylic acids is 1. The summed E-state index contributed by atoms with van der Waals surface area (Å²) in [7, 11) is 3.56. The van der Waals surface area contributed by atoms with Crippen LogP contribution < -0.4 is 0 Å². The summed E-state index contributed by atoms with van der Waals surface area (Å²) in [5, 5.41) is 4.48. The molecule has 104 valence electrons. The van der Waals surface area contributed by atoms with E-state index in [4.69, 9.17) is 0 Å². The zero-order valence-corrected chi connectivity index (χ0v) is 12.1. The molecule has 4 heteroatoms. The Balaban J connectivity index is 2.13. The molecule has 1 amide bonds. The Labute approximate surface area is 119 Å². The van der Waals surface area contributed by atoms with Gasteiger partial charge in [0.1, 0.15) is 0 Å². The van der Waals surface area contributed by atoms with Gasteiger partial charge < -0.3 is 4.90 Å². The number of nitrogens with zero attached hydrogens (tertiary/aromatic N) is 3. The molecule has 0 bridgehead atoms. The van der Waals surface area contributed by atoms with Crippen molar-refractivity contribution in [2.45, 2.75) is 25.7 Å². The molecule has 2 aromatic rings. The van der Waals surface area contributed by atoms with Crippen LogP contribution in [0.3, 0.4) is 0 Å². The van der Waals surface area contributed by atoms with Crippen LogP contribution in [0, 0.1) is 6.92 Å². The molecule has 3 rings (SSSR count). The van der Waals surface area contributed by atoms with Crippen molar-refractivity contribution in [3.8, 4) is 5.69 Å². The van der Waals surface area contributed by atoms with Crippen LogP contribution in [0.1, 0.15) is 40.4 Å². The molecule has 0 unspecified atom stereocenters. The standard InChI is InChI=1S/C16H19N3O/c1-11-6-4-5-7-14(11)19-15(12-8-9-12)13(10-17-19)16(20)18(2)3/h4-7,10,12H,8-9H2,1-3H3. The Morgan fingerprint density at radius 3 is 2.60 bits per heavy atom. The zero-order chi connectivity index (χ0) is 14.3. The van der Waals surface area contributed by atoms with E-state index < -0.39 is 0 Å². The van der Waals surface area contributed by atoms with Crippen molar-refractivity contribution < 1.29 is 4.79 Å². The molecule has 0 spiro atoms. The fourth-order valence-corrected chi connectivity index (χ4v) is 2.51. The molecule has 0 radical (unpaired) electrons. The second-order valence-electron chi connectivity index (χ2n) is 5.62. The minimum atomic E-state index is 0.0340. The molecule has 0 N–H and O–H groups in total. The van der Waals surface area contributed by atoms with Crippen LogP contribution in [0.5, 0.6) is 0 Å². The van der Waals surface area contributed by atoms with E-state index in [-0.39, 0.29) is 5.91 Å². The molecule has 1 fully saturated rings. The number of benzene rings is 1. The van der Waals surface area contributed by atoms with Gasteiger partial charge >= 0.3 is 0 Å². The van der Waals surface area contributed by atoms with Crippen LogP contribution in [-0.2, 0) is 0 Å². The summed E-state index contributed by atoms with van der Waals surface area (Å²) in [6.07, 6.45) is 4.00. The fourth-order valence-electron chi connectivity index (χ4n) is 2.51. The average molecular weight is 269 g/mol. The summed E-state index contributed by atoms with van der Waals surface area (Å²) >= 11 is 0. The van der Waals surface area contributed by atoms with Gasteiger partial charge in [0.2, 0.25) is 0 Å². The van der Waals surface area contributed by atoms with E-state index in [1.165, 1.54) is 5.56 Å². The quantitative estimate of drug-likeness (QED) is 0.859. The number of para-hydroxylation sites is 1. The van der Waals surface area contributed by atoms with Crippen molar-refractivity contribution in [2.75, 3.05) is 14.1 Å². The smallest absolute Gasteiger partial charge is 0.256 e. The highest BCUT2D eigenvalue weighted by atomic mass is 16.2. The summed E-state index contributed by atoms with van der Waals surface area (Å²) in [5.74, 6) is 0.503. The van der Waals surface area contributed by atoms with E-state index in [1.807, 2.05) is 16.8 Å². The third-order valence-electron chi connectivity index (χ3n) is 3.75. The second kappa shape index (κ2) is 4.78. The van der Waals surface area contributed by atoms with Gasteiger partial charge in [-0.3, -0.25) is 4.79 Å². The van der Waals surface area contributed by atoms with Crippen LogP contribution in [0.4, 0.5) is 0 Å². The summed E-state index contributed by atoms with van der Waals surface area (Å²) in [5.41, 5.74) is 4.03. The first-order valence-corrected chi connectivity index (χ1v) is 6.95. The largest absolute Gasteiger partial charge is 0.345 e.